The first kappa shape index (κ1) is 26.5. The van der Waals surface area contributed by atoms with Gasteiger partial charge in [0.25, 0.3) is 5.91 Å². The summed E-state index contributed by atoms with van der Waals surface area (Å²) in [5.74, 6) is -1.25. The van der Waals surface area contributed by atoms with Crippen molar-refractivity contribution in [1.29, 1.82) is 0 Å². The third-order valence-corrected chi connectivity index (χ3v) is 6.55. The van der Waals surface area contributed by atoms with Gasteiger partial charge in [-0.15, -0.1) is 0 Å². The summed E-state index contributed by atoms with van der Waals surface area (Å²) in [7, 11) is 1.56. The van der Waals surface area contributed by atoms with Crippen molar-refractivity contribution in [2.24, 2.45) is 0 Å². The van der Waals surface area contributed by atoms with Crippen LogP contribution in [0.5, 0.6) is 0 Å². The molecule has 4 aromatic rings. The van der Waals surface area contributed by atoms with Crippen LogP contribution in [-0.2, 0) is 20.7 Å². The zero-order valence-corrected chi connectivity index (χ0v) is 21.9. The van der Waals surface area contributed by atoms with E-state index in [1.165, 1.54) is 12.4 Å². The number of esters is 1. The smallest absolute Gasteiger partial charge is 0.358 e. The average molecular weight is 542 g/mol. The Hall–Kier alpha value is -5.13. The lowest BCUT2D eigenvalue weighted by molar-refractivity contribution is -0.129. The molecule has 1 aliphatic rings. The van der Waals surface area contributed by atoms with E-state index in [1.54, 1.807) is 37.0 Å². The summed E-state index contributed by atoms with van der Waals surface area (Å²) in [6.07, 6.45) is 5.48. The second kappa shape index (κ2) is 10.9. The van der Waals surface area contributed by atoms with Crippen molar-refractivity contribution < 1.29 is 23.9 Å². The number of benzene rings is 2. The van der Waals surface area contributed by atoms with Gasteiger partial charge in [0.1, 0.15) is 5.54 Å². The van der Waals surface area contributed by atoms with Crippen LogP contribution < -0.4 is 16.0 Å². The van der Waals surface area contributed by atoms with Crippen molar-refractivity contribution in [2.45, 2.75) is 31.7 Å². The molecule has 0 radical (unpaired) electrons. The quantitative estimate of drug-likeness (QED) is 0.272. The molecule has 0 spiro atoms. The van der Waals surface area contributed by atoms with Gasteiger partial charge in [-0.2, -0.15) is 5.10 Å². The molecule has 2 aromatic heterocycles. The first-order valence-electron chi connectivity index (χ1n) is 12.7. The summed E-state index contributed by atoms with van der Waals surface area (Å²) in [4.78, 5) is 57.7. The van der Waals surface area contributed by atoms with Crippen molar-refractivity contribution in [2.75, 3.05) is 19.0 Å². The van der Waals surface area contributed by atoms with Crippen LogP contribution >= 0.6 is 0 Å². The van der Waals surface area contributed by atoms with E-state index < -0.39 is 17.4 Å². The van der Waals surface area contributed by atoms with Gasteiger partial charge in [-0.05, 0) is 49.6 Å². The number of carbonyl (C=O) groups excluding carboxylic acids is 4. The Morgan fingerprint density at radius 3 is 2.52 bits per heavy atom. The van der Waals surface area contributed by atoms with Crippen LogP contribution in [0.3, 0.4) is 0 Å². The first-order valence-corrected chi connectivity index (χ1v) is 12.7. The highest BCUT2D eigenvalue weighted by molar-refractivity contribution is 6.12. The molecule has 5 rings (SSSR count). The molecule has 0 unspecified atom stereocenters. The van der Waals surface area contributed by atoms with Crippen molar-refractivity contribution in [3.63, 3.8) is 0 Å². The maximum absolute atomic E-state index is 13.1. The fourth-order valence-corrected chi connectivity index (χ4v) is 4.41. The molecular formula is C28H27N7O5. The van der Waals surface area contributed by atoms with E-state index in [1.807, 2.05) is 30.3 Å². The monoisotopic (exact) mass is 541 g/mol. The van der Waals surface area contributed by atoms with Gasteiger partial charge in [0.15, 0.2) is 11.5 Å². The molecule has 204 valence electrons. The lowest BCUT2D eigenvalue weighted by atomic mass is 10.1. The minimum absolute atomic E-state index is 0.0430. The van der Waals surface area contributed by atoms with E-state index in [2.05, 4.69) is 31.0 Å². The fraction of sp³-hybridized carbons (Fsp3) is 0.250. The minimum atomic E-state index is -0.798. The molecule has 0 saturated heterocycles. The molecule has 1 fully saturated rings. The van der Waals surface area contributed by atoms with Crippen LogP contribution in [0.2, 0.25) is 0 Å². The maximum atomic E-state index is 13.1. The maximum Gasteiger partial charge on any atom is 0.358 e. The second-order valence-corrected chi connectivity index (χ2v) is 9.31. The molecule has 2 aromatic carbocycles. The number of ether oxygens (including phenoxy) is 1. The van der Waals surface area contributed by atoms with Crippen LogP contribution in [0.1, 0.15) is 46.2 Å². The topological polar surface area (TPSA) is 157 Å². The van der Waals surface area contributed by atoms with Gasteiger partial charge in [-0.3, -0.25) is 14.4 Å². The Labute approximate surface area is 229 Å². The molecule has 3 N–H and O–H groups in total. The fourth-order valence-electron chi connectivity index (χ4n) is 4.41. The van der Waals surface area contributed by atoms with E-state index in [9.17, 15) is 19.2 Å². The molecule has 1 saturated carbocycles. The molecule has 1 aliphatic carbocycles. The molecule has 12 nitrogen and oxygen atoms in total. The van der Waals surface area contributed by atoms with Crippen LogP contribution in [0.25, 0.3) is 16.6 Å². The van der Waals surface area contributed by atoms with Crippen LogP contribution in [0, 0.1) is 0 Å². The number of rotatable bonds is 9. The molecule has 0 aliphatic heterocycles. The number of hydrogen-bond acceptors (Lipinski definition) is 8. The number of likely N-dealkylation sites (N-methyl/N-ethyl adjacent to an activating group) is 1. The van der Waals surface area contributed by atoms with Gasteiger partial charge in [0.2, 0.25) is 11.8 Å². The van der Waals surface area contributed by atoms with E-state index >= 15 is 0 Å². The van der Waals surface area contributed by atoms with Gasteiger partial charge in [-0.25, -0.2) is 19.4 Å². The zero-order chi connectivity index (χ0) is 28.3. The highest BCUT2D eigenvalue weighted by Crippen LogP contribution is 2.35. The normalized spacial score (nSPS) is 13.3. The number of carbonyl (C=O) groups is 4. The van der Waals surface area contributed by atoms with Crippen molar-refractivity contribution in [3.8, 4) is 5.69 Å². The summed E-state index contributed by atoms with van der Waals surface area (Å²) < 4.78 is 6.58. The number of hydrogen-bond donors (Lipinski definition) is 3. The van der Waals surface area contributed by atoms with Gasteiger partial charge in [0.05, 0.1) is 48.4 Å². The molecular weight excluding hydrogens is 514 g/mol. The second-order valence-electron chi connectivity index (χ2n) is 9.31. The Morgan fingerprint density at radius 2 is 1.82 bits per heavy atom. The highest BCUT2D eigenvalue weighted by atomic mass is 16.5. The molecule has 12 heteroatoms. The largest absolute Gasteiger partial charge is 0.461 e. The molecule has 0 atom stereocenters. The van der Waals surface area contributed by atoms with Crippen LogP contribution in [0.15, 0.2) is 61.1 Å². The predicted molar refractivity (Wildman–Crippen MR) is 145 cm³/mol. The number of nitrogens with one attached hydrogen (secondary N) is 3. The summed E-state index contributed by atoms with van der Waals surface area (Å²) in [6.45, 7) is 1.91. The lowest BCUT2D eigenvalue weighted by Crippen LogP contribution is -2.48. The van der Waals surface area contributed by atoms with Gasteiger partial charge >= 0.3 is 5.97 Å². The third-order valence-electron chi connectivity index (χ3n) is 6.55. The van der Waals surface area contributed by atoms with Crippen molar-refractivity contribution in [1.82, 2.24) is 30.4 Å². The molecule has 3 amide bonds. The van der Waals surface area contributed by atoms with E-state index in [0.29, 0.717) is 35.0 Å². The lowest BCUT2D eigenvalue weighted by Gasteiger charge is -2.15. The van der Waals surface area contributed by atoms with E-state index in [4.69, 9.17) is 4.74 Å². The molecule has 2 heterocycles. The standard InChI is InChI=1S/C28H27N7O5/c1-3-40-26(38)21-15-31-23(16-30-21)33-25(37)19-8-5-9-22-20(19)14-32-35(22)18-7-4-6-17(12-18)13-24(36)34-28(10-11-28)27(39)29-2/h4-9,12,14-16H,3,10-11,13H2,1-2H3,(H,29,39)(H,34,36)(H,31,33,37). The van der Waals surface area contributed by atoms with Gasteiger partial charge < -0.3 is 20.7 Å². The van der Waals surface area contributed by atoms with Crippen LogP contribution in [-0.4, -0.2) is 62.6 Å². The highest BCUT2D eigenvalue weighted by Gasteiger charge is 2.50. The van der Waals surface area contributed by atoms with Crippen LogP contribution in [0.4, 0.5) is 5.82 Å². The van der Waals surface area contributed by atoms with E-state index in [0.717, 1.165) is 5.56 Å². The summed E-state index contributed by atoms with van der Waals surface area (Å²) in [5.41, 5.74) is 1.78. The van der Waals surface area contributed by atoms with Gasteiger partial charge in [0, 0.05) is 12.4 Å². The number of aromatic nitrogens is 4. The number of amides is 3. The SMILES string of the molecule is CCOC(=O)c1cnc(NC(=O)c2cccc3c2cnn3-c2cccc(CC(=O)NC3(C(=O)NC)CC3)c2)cn1. The Kier molecular flexibility index (Phi) is 7.23. The minimum Gasteiger partial charge on any atom is -0.461 e. The number of anilines is 1. The zero-order valence-electron chi connectivity index (χ0n) is 21.9. The van der Waals surface area contributed by atoms with E-state index in [-0.39, 0.29) is 36.4 Å². The van der Waals surface area contributed by atoms with Crippen molar-refractivity contribution in [3.05, 3.63) is 77.9 Å². The predicted octanol–water partition coefficient (Wildman–Crippen LogP) is 2.18. The number of nitrogens with zero attached hydrogens (tertiary/aromatic N) is 4. The Morgan fingerprint density at radius 1 is 1.02 bits per heavy atom. The summed E-state index contributed by atoms with van der Waals surface area (Å²) in [6, 6.07) is 12.6. The summed E-state index contributed by atoms with van der Waals surface area (Å²) in [5, 5.41) is 13.2. The average Bonchev–Trinajstić information content (AvgIpc) is 3.60. The third kappa shape index (κ3) is 5.37. The first-order chi connectivity index (χ1) is 19.3. The summed E-state index contributed by atoms with van der Waals surface area (Å²) >= 11 is 0. The Balaban J connectivity index is 1.32. The number of fused-ring (bicyclic) bond motifs is 1. The van der Waals surface area contributed by atoms with Crippen molar-refractivity contribution >= 4 is 40.4 Å². The molecule has 0 bridgehead atoms. The van der Waals surface area contributed by atoms with Gasteiger partial charge in [-0.1, -0.05) is 18.2 Å². The Bertz CT molecular complexity index is 1610. The molecule has 40 heavy (non-hydrogen) atoms.